The van der Waals surface area contributed by atoms with Crippen LogP contribution in [0.1, 0.15) is 5.56 Å². The van der Waals surface area contributed by atoms with Gasteiger partial charge < -0.3 is 0 Å². The minimum absolute atomic E-state index is 0.625. The summed E-state index contributed by atoms with van der Waals surface area (Å²) in [6, 6.07) is 15.7. The summed E-state index contributed by atoms with van der Waals surface area (Å²) in [4.78, 5) is 9.56. The zero-order valence-electron chi connectivity index (χ0n) is 10.2. The van der Waals surface area contributed by atoms with Gasteiger partial charge in [0.2, 0.25) is 0 Å². The lowest BCUT2D eigenvalue weighted by molar-refractivity contribution is 1.10. The molecule has 0 radical (unpaired) electrons. The van der Waals surface area contributed by atoms with E-state index in [9.17, 15) is 0 Å². The van der Waals surface area contributed by atoms with Crippen molar-refractivity contribution in [1.29, 1.82) is 5.26 Å². The van der Waals surface area contributed by atoms with Crippen LogP contribution in [0, 0.1) is 11.3 Å². The lowest BCUT2D eigenvalue weighted by Crippen LogP contribution is -1.87. The van der Waals surface area contributed by atoms with Crippen molar-refractivity contribution in [1.82, 2.24) is 9.97 Å². The normalized spacial score (nSPS) is 10.4. The minimum Gasteiger partial charge on any atom is -0.236 e. The van der Waals surface area contributed by atoms with Gasteiger partial charge in [-0.2, -0.15) is 5.26 Å². The van der Waals surface area contributed by atoms with Gasteiger partial charge >= 0.3 is 0 Å². The van der Waals surface area contributed by atoms with Gasteiger partial charge in [0.05, 0.1) is 17.1 Å². The Balaban J connectivity index is 2.06. The molecule has 0 fully saturated rings. The highest BCUT2D eigenvalue weighted by atomic mass is 79.9. The molecule has 0 saturated heterocycles. The van der Waals surface area contributed by atoms with Gasteiger partial charge in [0, 0.05) is 14.8 Å². The monoisotopic (exact) mass is 341 g/mol. The first-order chi connectivity index (χ1) is 9.76. The van der Waals surface area contributed by atoms with Gasteiger partial charge in [-0.1, -0.05) is 45.9 Å². The minimum atomic E-state index is 0.625. The molecule has 0 unspecified atom stereocenters. The van der Waals surface area contributed by atoms with Crippen molar-refractivity contribution in [3.8, 4) is 6.07 Å². The highest BCUT2D eigenvalue weighted by Crippen LogP contribution is 2.32. The fraction of sp³-hybridized carbons (Fsp3) is 0. The summed E-state index contributed by atoms with van der Waals surface area (Å²) in [7, 11) is 0. The number of rotatable bonds is 2. The molecule has 0 amide bonds. The molecular formula is C15H8BrN3S. The van der Waals surface area contributed by atoms with Gasteiger partial charge in [0.1, 0.15) is 11.4 Å². The predicted octanol–water partition coefficient (Wildman–Crippen LogP) is 4.42. The van der Waals surface area contributed by atoms with Crippen molar-refractivity contribution < 1.29 is 0 Å². The summed E-state index contributed by atoms with van der Waals surface area (Å²) in [5.41, 5.74) is 1.54. The Morgan fingerprint density at radius 3 is 2.80 bits per heavy atom. The molecule has 3 rings (SSSR count). The Morgan fingerprint density at radius 2 is 1.95 bits per heavy atom. The quantitative estimate of drug-likeness (QED) is 0.647. The number of benzene rings is 2. The molecule has 2 aromatic carbocycles. The van der Waals surface area contributed by atoms with Gasteiger partial charge in [-0.05, 0) is 24.3 Å². The maximum atomic E-state index is 9.02. The molecule has 0 N–H and O–H groups in total. The number of nitrogens with zero attached hydrogens (tertiary/aromatic N) is 3. The van der Waals surface area contributed by atoms with Gasteiger partial charge in [-0.15, -0.1) is 0 Å². The molecule has 0 atom stereocenters. The highest BCUT2D eigenvalue weighted by molar-refractivity contribution is 9.10. The molecule has 3 nitrogen and oxygen atoms in total. The van der Waals surface area contributed by atoms with E-state index in [-0.39, 0.29) is 0 Å². The predicted molar refractivity (Wildman–Crippen MR) is 82.5 cm³/mol. The molecule has 1 heterocycles. The number of aromatic nitrogens is 2. The van der Waals surface area contributed by atoms with Crippen molar-refractivity contribution in [3.63, 3.8) is 0 Å². The molecule has 0 aliphatic heterocycles. The second-order valence-electron chi connectivity index (χ2n) is 4.09. The van der Waals surface area contributed by atoms with E-state index in [0.29, 0.717) is 5.56 Å². The number of para-hydroxylation sites is 1. The lowest BCUT2D eigenvalue weighted by Gasteiger charge is -2.05. The molecule has 3 aromatic rings. The van der Waals surface area contributed by atoms with E-state index in [2.05, 4.69) is 32.0 Å². The Labute approximate surface area is 128 Å². The largest absolute Gasteiger partial charge is 0.236 e. The molecule has 96 valence electrons. The van der Waals surface area contributed by atoms with E-state index >= 15 is 0 Å². The molecular weight excluding hydrogens is 334 g/mol. The zero-order chi connectivity index (χ0) is 13.9. The second kappa shape index (κ2) is 5.61. The fourth-order valence-electron chi connectivity index (χ4n) is 1.86. The average molecular weight is 342 g/mol. The number of nitriles is 1. The van der Waals surface area contributed by atoms with Crippen molar-refractivity contribution in [3.05, 3.63) is 58.8 Å². The van der Waals surface area contributed by atoms with Crippen LogP contribution in [0.2, 0.25) is 0 Å². The van der Waals surface area contributed by atoms with Crippen LogP contribution in [0.3, 0.4) is 0 Å². The molecule has 5 heteroatoms. The third-order valence-corrected chi connectivity index (χ3v) is 4.17. The second-order valence-corrected chi connectivity index (χ2v) is 6.06. The van der Waals surface area contributed by atoms with Crippen LogP contribution < -0.4 is 0 Å². The van der Waals surface area contributed by atoms with E-state index in [1.54, 1.807) is 12.4 Å². The zero-order valence-corrected chi connectivity index (χ0v) is 12.6. The first kappa shape index (κ1) is 13.1. The summed E-state index contributed by atoms with van der Waals surface area (Å²) in [6.45, 7) is 0. The molecule has 0 spiro atoms. The number of fused-ring (bicyclic) bond motifs is 1. The molecule has 0 aliphatic rings. The van der Waals surface area contributed by atoms with Gasteiger partial charge in [-0.3, -0.25) is 0 Å². The van der Waals surface area contributed by atoms with Crippen LogP contribution in [-0.4, -0.2) is 9.97 Å². The molecule has 0 aliphatic carbocycles. The third kappa shape index (κ3) is 2.67. The van der Waals surface area contributed by atoms with Gasteiger partial charge in [0.25, 0.3) is 0 Å². The van der Waals surface area contributed by atoms with Crippen LogP contribution in [0.15, 0.2) is 63.2 Å². The third-order valence-electron chi connectivity index (χ3n) is 2.72. The Bertz CT molecular complexity index is 821. The summed E-state index contributed by atoms with van der Waals surface area (Å²) in [5.74, 6) is 0. The number of halogens is 1. The van der Waals surface area contributed by atoms with Gasteiger partial charge in [0.15, 0.2) is 0 Å². The van der Waals surface area contributed by atoms with Gasteiger partial charge in [-0.25, -0.2) is 9.97 Å². The first-order valence-corrected chi connectivity index (χ1v) is 7.45. The average Bonchev–Trinajstić information content (AvgIpc) is 2.47. The number of hydrogen-bond donors (Lipinski definition) is 0. The molecule has 1 aromatic heterocycles. The first-order valence-electron chi connectivity index (χ1n) is 5.84. The van der Waals surface area contributed by atoms with Crippen LogP contribution in [0.25, 0.3) is 10.9 Å². The summed E-state index contributed by atoms with van der Waals surface area (Å²) < 4.78 is 0.886. The van der Waals surface area contributed by atoms with E-state index < -0.39 is 0 Å². The van der Waals surface area contributed by atoms with E-state index in [1.165, 1.54) is 11.8 Å². The maximum Gasteiger partial charge on any atom is 0.117 e. The van der Waals surface area contributed by atoms with Crippen molar-refractivity contribution in [2.75, 3.05) is 0 Å². The SMILES string of the molecule is N#Cc1cc(Br)cc(Sc2ncnc3ccccc23)c1. The summed E-state index contributed by atoms with van der Waals surface area (Å²) >= 11 is 4.95. The van der Waals surface area contributed by atoms with E-state index in [0.717, 1.165) is 25.3 Å². The summed E-state index contributed by atoms with van der Waals surface area (Å²) in [5, 5.41) is 10.9. The van der Waals surface area contributed by atoms with Crippen LogP contribution in [0.5, 0.6) is 0 Å². The van der Waals surface area contributed by atoms with Crippen molar-refractivity contribution >= 4 is 38.6 Å². The van der Waals surface area contributed by atoms with Crippen LogP contribution >= 0.6 is 27.7 Å². The van der Waals surface area contributed by atoms with Crippen LogP contribution in [0.4, 0.5) is 0 Å². The van der Waals surface area contributed by atoms with Crippen molar-refractivity contribution in [2.24, 2.45) is 0 Å². The fourth-order valence-corrected chi connectivity index (χ4v) is 3.48. The highest BCUT2D eigenvalue weighted by Gasteiger charge is 2.07. The van der Waals surface area contributed by atoms with E-state index in [4.69, 9.17) is 5.26 Å². The number of hydrogen-bond acceptors (Lipinski definition) is 4. The molecule has 0 bridgehead atoms. The standard InChI is InChI=1S/C15H8BrN3S/c16-11-5-10(8-17)6-12(7-11)20-15-13-3-1-2-4-14(13)18-9-19-15/h1-7,9H. The molecule has 0 saturated carbocycles. The smallest absolute Gasteiger partial charge is 0.117 e. The molecule has 20 heavy (non-hydrogen) atoms. The summed E-state index contributed by atoms with van der Waals surface area (Å²) in [6.07, 6.45) is 1.56. The van der Waals surface area contributed by atoms with Crippen molar-refractivity contribution in [2.45, 2.75) is 9.92 Å². The Hall–Kier alpha value is -1.90. The Morgan fingerprint density at radius 1 is 1.10 bits per heavy atom. The Kier molecular flexibility index (Phi) is 3.68. The lowest BCUT2D eigenvalue weighted by atomic mass is 10.2. The topological polar surface area (TPSA) is 49.6 Å². The van der Waals surface area contributed by atoms with E-state index in [1.807, 2.05) is 36.4 Å². The maximum absolute atomic E-state index is 9.02. The van der Waals surface area contributed by atoms with Crippen LogP contribution in [-0.2, 0) is 0 Å².